The van der Waals surface area contributed by atoms with Crippen molar-refractivity contribution in [3.8, 4) is 0 Å². The molecule has 30 heavy (non-hydrogen) atoms. The van der Waals surface area contributed by atoms with Crippen LogP contribution >= 0.6 is 0 Å². The van der Waals surface area contributed by atoms with Crippen LogP contribution in [0.4, 0.5) is 0 Å². The van der Waals surface area contributed by atoms with Gasteiger partial charge in [-0.2, -0.15) is 0 Å². The normalized spacial score (nSPS) is 11.5. The number of aliphatic hydroxyl groups is 2. The quantitative estimate of drug-likeness (QED) is 0.445. The van der Waals surface area contributed by atoms with Crippen LogP contribution in [0.2, 0.25) is 0 Å². The van der Waals surface area contributed by atoms with E-state index in [0.29, 0.717) is 19.5 Å². The van der Waals surface area contributed by atoms with Gasteiger partial charge in [0.25, 0.3) is 0 Å². The molecule has 3 aromatic heterocycles. The van der Waals surface area contributed by atoms with Gasteiger partial charge < -0.3 is 10.2 Å². The maximum absolute atomic E-state index is 9.32. The number of nitrogens with zero attached hydrogens (tertiary/aromatic N) is 5. The minimum atomic E-state index is -1.31. The monoisotopic (exact) mass is 407 g/mol. The minimum Gasteiger partial charge on any atom is -0.368 e. The lowest BCUT2D eigenvalue weighted by atomic mass is 10.2. The first-order valence-corrected chi connectivity index (χ1v) is 10.2. The highest BCUT2D eigenvalue weighted by molar-refractivity contribution is 5.06. The Balaban J connectivity index is 1.66. The molecular weight excluding hydrogens is 378 g/mol. The van der Waals surface area contributed by atoms with Crippen molar-refractivity contribution in [3.63, 3.8) is 0 Å². The van der Waals surface area contributed by atoms with E-state index in [1.807, 2.05) is 67.0 Å². The van der Waals surface area contributed by atoms with Crippen molar-refractivity contribution in [2.24, 2.45) is 0 Å². The van der Waals surface area contributed by atoms with Gasteiger partial charge in [-0.1, -0.05) is 18.2 Å². The SMILES string of the molecule is OC(O)CCN(CCN(Cc1ccccn1)Cc1ccccn1)Cc1ccccn1. The summed E-state index contributed by atoms with van der Waals surface area (Å²) < 4.78 is 0. The van der Waals surface area contributed by atoms with Crippen molar-refractivity contribution < 1.29 is 10.2 Å². The largest absolute Gasteiger partial charge is 0.368 e. The van der Waals surface area contributed by atoms with Crippen molar-refractivity contribution in [1.29, 1.82) is 0 Å². The van der Waals surface area contributed by atoms with Gasteiger partial charge in [0.1, 0.15) is 0 Å². The number of rotatable bonds is 12. The minimum absolute atomic E-state index is 0.299. The van der Waals surface area contributed by atoms with E-state index in [4.69, 9.17) is 0 Å². The second kappa shape index (κ2) is 12.1. The number of aromatic nitrogens is 3. The van der Waals surface area contributed by atoms with Gasteiger partial charge >= 0.3 is 0 Å². The Bertz CT molecular complexity index is 792. The molecule has 0 atom stereocenters. The maximum Gasteiger partial charge on any atom is 0.152 e. The van der Waals surface area contributed by atoms with Gasteiger partial charge in [-0.25, -0.2) is 0 Å². The zero-order valence-corrected chi connectivity index (χ0v) is 17.1. The van der Waals surface area contributed by atoms with Gasteiger partial charge in [-0.05, 0) is 36.4 Å². The first kappa shape index (κ1) is 22.0. The van der Waals surface area contributed by atoms with Gasteiger partial charge in [0, 0.05) is 64.3 Å². The molecule has 0 aliphatic carbocycles. The van der Waals surface area contributed by atoms with Gasteiger partial charge in [-0.3, -0.25) is 24.8 Å². The Labute approximate surface area is 177 Å². The van der Waals surface area contributed by atoms with Gasteiger partial charge in [0.15, 0.2) is 6.29 Å². The molecule has 2 N–H and O–H groups in total. The summed E-state index contributed by atoms with van der Waals surface area (Å²) in [6.07, 6.45) is 4.39. The van der Waals surface area contributed by atoms with Crippen molar-refractivity contribution in [2.75, 3.05) is 19.6 Å². The second-order valence-corrected chi connectivity index (χ2v) is 7.22. The third-order valence-electron chi connectivity index (χ3n) is 4.77. The van der Waals surface area contributed by atoms with Gasteiger partial charge in [-0.15, -0.1) is 0 Å². The molecule has 7 nitrogen and oxygen atoms in total. The van der Waals surface area contributed by atoms with E-state index < -0.39 is 6.29 Å². The Hall–Kier alpha value is -2.71. The number of hydrogen-bond donors (Lipinski definition) is 2. The topological polar surface area (TPSA) is 85.6 Å². The van der Waals surface area contributed by atoms with Crippen LogP contribution in [0, 0.1) is 0 Å². The molecule has 0 spiro atoms. The highest BCUT2D eigenvalue weighted by Crippen LogP contribution is 2.09. The van der Waals surface area contributed by atoms with E-state index >= 15 is 0 Å². The third kappa shape index (κ3) is 7.96. The first-order chi connectivity index (χ1) is 14.7. The molecule has 0 amide bonds. The fourth-order valence-electron chi connectivity index (χ4n) is 3.23. The molecule has 0 saturated carbocycles. The predicted octanol–water partition coefficient (Wildman–Crippen LogP) is 2.08. The summed E-state index contributed by atoms with van der Waals surface area (Å²) in [6.45, 7) is 4.24. The molecule has 0 bridgehead atoms. The molecule has 0 radical (unpaired) electrons. The molecule has 0 unspecified atom stereocenters. The molecule has 7 heteroatoms. The smallest absolute Gasteiger partial charge is 0.152 e. The summed E-state index contributed by atoms with van der Waals surface area (Å²) in [5.41, 5.74) is 2.98. The van der Waals surface area contributed by atoms with E-state index in [2.05, 4.69) is 24.8 Å². The molecule has 0 aromatic carbocycles. The van der Waals surface area contributed by atoms with Crippen LogP contribution in [0.3, 0.4) is 0 Å². The van der Waals surface area contributed by atoms with Crippen LogP contribution in [0.25, 0.3) is 0 Å². The molecule has 0 aliphatic rings. The van der Waals surface area contributed by atoms with Gasteiger partial charge in [0.2, 0.25) is 0 Å². The molecule has 0 fully saturated rings. The van der Waals surface area contributed by atoms with Gasteiger partial charge in [0.05, 0.1) is 17.1 Å². The van der Waals surface area contributed by atoms with Crippen LogP contribution in [0.5, 0.6) is 0 Å². The fourth-order valence-corrected chi connectivity index (χ4v) is 3.23. The average molecular weight is 408 g/mol. The second-order valence-electron chi connectivity index (χ2n) is 7.22. The highest BCUT2D eigenvalue weighted by atomic mass is 16.5. The number of hydrogen-bond acceptors (Lipinski definition) is 7. The summed E-state index contributed by atoms with van der Waals surface area (Å²) in [6, 6.07) is 17.7. The molecule has 158 valence electrons. The van der Waals surface area contributed by atoms with Crippen molar-refractivity contribution in [2.45, 2.75) is 32.3 Å². The third-order valence-corrected chi connectivity index (χ3v) is 4.77. The average Bonchev–Trinajstić information content (AvgIpc) is 2.77. The lowest BCUT2D eigenvalue weighted by Gasteiger charge is -2.27. The van der Waals surface area contributed by atoms with Crippen LogP contribution < -0.4 is 0 Å². The Morgan fingerprint density at radius 3 is 1.43 bits per heavy atom. The van der Waals surface area contributed by atoms with E-state index in [9.17, 15) is 10.2 Å². The van der Waals surface area contributed by atoms with Crippen LogP contribution in [0.1, 0.15) is 23.5 Å². The lowest BCUT2D eigenvalue weighted by Crippen LogP contribution is -2.36. The van der Waals surface area contributed by atoms with E-state index in [-0.39, 0.29) is 0 Å². The summed E-state index contributed by atoms with van der Waals surface area (Å²) in [5.74, 6) is 0. The molecule has 3 rings (SSSR count). The summed E-state index contributed by atoms with van der Waals surface area (Å²) in [4.78, 5) is 17.8. The summed E-state index contributed by atoms with van der Waals surface area (Å²) in [5, 5.41) is 18.6. The zero-order chi connectivity index (χ0) is 21.0. The Kier molecular flexibility index (Phi) is 8.86. The van der Waals surface area contributed by atoms with Crippen molar-refractivity contribution in [1.82, 2.24) is 24.8 Å². The summed E-state index contributed by atoms with van der Waals surface area (Å²) >= 11 is 0. The van der Waals surface area contributed by atoms with Crippen LogP contribution in [-0.2, 0) is 19.6 Å². The maximum atomic E-state index is 9.32. The van der Waals surface area contributed by atoms with Crippen molar-refractivity contribution >= 4 is 0 Å². The number of aliphatic hydroxyl groups excluding tert-OH is 1. The van der Waals surface area contributed by atoms with E-state index in [1.54, 1.807) is 6.20 Å². The first-order valence-electron chi connectivity index (χ1n) is 10.2. The fraction of sp³-hybridized carbons (Fsp3) is 0.348. The molecule has 0 aliphatic heterocycles. The molecule has 3 aromatic rings. The molecular formula is C23H29N5O2. The van der Waals surface area contributed by atoms with Crippen LogP contribution in [0.15, 0.2) is 73.2 Å². The molecule has 0 saturated heterocycles. The predicted molar refractivity (Wildman–Crippen MR) is 115 cm³/mol. The van der Waals surface area contributed by atoms with Crippen molar-refractivity contribution in [3.05, 3.63) is 90.3 Å². The highest BCUT2D eigenvalue weighted by Gasteiger charge is 2.14. The Morgan fingerprint density at radius 2 is 1.03 bits per heavy atom. The molecule has 3 heterocycles. The summed E-state index contributed by atoms with van der Waals surface area (Å²) in [7, 11) is 0. The lowest BCUT2D eigenvalue weighted by molar-refractivity contribution is -0.0511. The van der Waals surface area contributed by atoms with Crippen LogP contribution in [-0.4, -0.2) is 60.9 Å². The Morgan fingerprint density at radius 1 is 0.600 bits per heavy atom. The van der Waals surface area contributed by atoms with E-state index in [0.717, 1.165) is 43.3 Å². The zero-order valence-electron chi connectivity index (χ0n) is 17.1. The van der Waals surface area contributed by atoms with E-state index in [1.165, 1.54) is 0 Å². The number of pyridine rings is 3. The standard InChI is InChI=1S/C23H29N5O2/c29-23(30)10-14-27(17-20-7-1-4-11-24-20)15-16-28(18-21-8-2-5-12-25-21)19-22-9-3-6-13-26-22/h1-9,11-13,23,29-30H,10,14-19H2.